The van der Waals surface area contributed by atoms with Gasteiger partial charge >= 0.3 is 0 Å². The lowest BCUT2D eigenvalue weighted by Gasteiger charge is -2.17. The predicted molar refractivity (Wildman–Crippen MR) is 77.4 cm³/mol. The van der Waals surface area contributed by atoms with Crippen molar-refractivity contribution in [1.82, 2.24) is 10.3 Å². The Bertz CT molecular complexity index is 567. The smallest absolute Gasteiger partial charge is 0.212 e. The second kappa shape index (κ2) is 7.13. The third-order valence-corrected chi connectivity index (χ3v) is 3.41. The number of ether oxygens (including phenoxy) is 1. The van der Waals surface area contributed by atoms with Gasteiger partial charge in [-0.2, -0.15) is 0 Å². The van der Waals surface area contributed by atoms with Crippen LogP contribution in [0.1, 0.15) is 11.1 Å². The first-order valence-electron chi connectivity index (χ1n) is 6.73. The molecule has 0 aliphatic rings. The Morgan fingerprint density at radius 3 is 2.38 bits per heavy atom. The molecule has 1 unspecified atom stereocenters. The van der Waals surface area contributed by atoms with Crippen molar-refractivity contribution in [2.24, 2.45) is 0 Å². The highest BCUT2D eigenvalue weighted by Gasteiger charge is 2.15. The van der Waals surface area contributed by atoms with Crippen molar-refractivity contribution in [2.45, 2.75) is 18.9 Å². The Morgan fingerprint density at radius 1 is 1.14 bits per heavy atom. The molecule has 0 saturated heterocycles. The van der Waals surface area contributed by atoms with Gasteiger partial charge in [0.15, 0.2) is 0 Å². The second-order valence-electron chi connectivity index (χ2n) is 4.80. The van der Waals surface area contributed by atoms with E-state index in [0.717, 1.165) is 5.56 Å². The van der Waals surface area contributed by atoms with Gasteiger partial charge in [-0.3, -0.25) is 0 Å². The van der Waals surface area contributed by atoms with Crippen molar-refractivity contribution < 1.29 is 13.5 Å². The van der Waals surface area contributed by atoms with Crippen molar-refractivity contribution in [3.8, 4) is 5.88 Å². The molecule has 0 aliphatic heterocycles. The molecule has 2 rings (SSSR count). The van der Waals surface area contributed by atoms with E-state index in [9.17, 15) is 8.78 Å². The van der Waals surface area contributed by atoms with Crippen molar-refractivity contribution in [3.63, 3.8) is 0 Å². The SMILES string of the molecule is CNC(Cc1ccc(OC)nc1)Cc1c(F)cccc1F. The van der Waals surface area contributed by atoms with Crippen LogP contribution >= 0.6 is 0 Å². The molecule has 21 heavy (non-hydrogen) atoms. The lowest BCUT2D eigenvalue weighted by atomic mass is 9.99. The van der Waals surface area contributed by atoms with E-state index < -0.39 is 11.6 Å². The zero-order valence-corrected chi connectivity index (χ0v) is 12.1. The molecule has 0 spiro atoms. The fourth-order valence-electron chi connectivity index (χ4n) is 2.19. The van der Waals surface area contributed by atoms with Gasteiger partial charge in [0.05, 0.1) is 7.11 Å². The molecule has 1 aromatic carbocycles. The summed E-state index contributed by atoms with van der Waals surface area (Å²) in [5.41, 5.74) is 1.09. The van der Waals surface area contributed by atoms with Gasteiger partial charge < -0.3 is 10.1 Å². The monoisotopic (exact) mass is 292 g/mol. The number of benzene rings is 1. The normalized spacial score (nSPS) is 12.2. The summed E-state index contributed by atoms with van der Waals surface area (Å²) in [6.45, 7) is 0. The number of hydrogen-bond acceptors (Lipinski definition) is 3. The minimum Gasteiger partial charge on any atom is -0.481 e. The maximum Gasteiger partial charge on any atom is 0.212 e. The van der Waals surface area contributed by atoms with Crippen LogP contribution < -0.4 is 10.1 Å². The van der Waals surface area contributed by atoms with Gasteiger partial charge in [0.25, 0.3) is 0 Å². The lowest BCUT2D eigenvalue weighted by Crippen LogP contribution is -2.30. The Labute approximate surface area is 123 Å². The van der Waals surface area contributed by atoms with Crippen molar-refractivity contribution >= 4 is 0 Å². The molecule has 1 N–H and O–H groups in total. The summed E-state index contributed by atoms with van der Waals surface area (Å²) >= 11 is 0. The molecule has 1 aromatic heterocycles. The summed E-state index contributed by atoms with van der Waals surface area (Å²) in [6.07, 6.45) is 2.61. The quantitative estimate of drug-likeness (QED) is 0.889. The van der Waals surface area contributed by atoms with E-state index in [-0.39, 0.29) is 18.0 Å². The Kier molecular flexibility index (Phi) is 5.22. The molecule has 1 heterocycles. The van der Waals surface area contributed by atoms with Crippen LogP contribution in [0.2, 0.25) is 0 Å². The average Bonchev–Trinajstić information content (AvgIpc) is 2.50. The minimum absolute atomic E-state index is 0.0772. The van der Waals surface area contributed by atoms with Gasteiger partial charge in [-0.1, -0.05) is 12.1 Å². The van der Waals surface area contributed by atoms with Crippen molar-refractivity contribution in [1.29, 1.82) is 0 Å². The zero-order valence-electron chi connectivity index (χ0n) is 12.1. The van der Waals surface area contributed by atoms with Crippen LogP contribution in [0.5, 0.6) is 5.88 Å². The summed E-state index contributed by atoms with van der Waals surface area (Å²) in [5.74, 6) is -0.480. The molecular weight excluding hydrogens is 274 g/mol. The Balaban J connectivity index is 2.09. The number of aromatic nitrogens is 1. The average molecular weight is 292 g/mol. The van der Waals surface area contributed by atoms with Gasteiger partial charge in [0, 0.05) is 23.9 Å². The number of rotatable bonds is 6. The van der Waals surface area contributed by atoms with Crippen molar-refractivity contribution in [3.05, 3.63) is 59.3 Å². The number of halogens is 2. The summed E-state index contributed by atoms with van der Waals surface area (Å²) < 4.78 is 32.4. The summed E-state index contributed by atoms with van der Waals surface area (Å²) in [7, 11) is 3.33. The molecule has 0 saturated carbocycles. The van der Waals surface area contributed by atoms with E-state index in [0.29, 0.717) is 12.3 Å². The summed E-state index contributed by atoms with van der Waals surface area (Å²) in [4.78, 5) is 4.13. The topological polar surface area (TPSA) is 34.1 Å². The minimum atomic E-state index is -0.511. The summed E-state index contributed by atoms with van der Waals surface area (Å²) in [5, 5.41) is 3.09. The molecule has 112 valence electrons. The van der Waals surface area contributed by atoms with Crippen LogP contribution in [0.4, 0.5) is 8.78 Å². The molecule has 0 radical (unpaired) electrons. The molecule has 5 heteroatoms. The van der Waals surface area contributed by atoms with Crippen LogP contribution in [-0.2, 0) is 12.8 Å². The highest BCUT2D eigenvalue weighted by Crippen LogP contribution is 2.16. The van der Waals surface area contributed by atoms with Gasteiger partial charge in [-0.05, 0) is 37.6 Å². The number of hydrogen-bond donors (Lipinski definition) is 1. The fourth-order valence-corrected chi connectivity index (χ4v) is 2.19. The van der Waals surface area contributed by atoms with E-state index in [4.69, 9.17) is 4.74 Å². The highest BCUT2D eigenvalue weighted by molar-refractivity contribution is 5.23. The zero-order chi connectivity index (χ0) is 15.2. The third kappa shape index (κ3) is 3.98. The van der Waals surface area contributed by atoms with Gasteiger partial charge in [0.1, 0.15) is 11.6 Å². The molecular formula is C16H18F2N2O. The number of methoxy groups -OCH3 is 1. The first-order chi connectivity index (χ1) is 10.1. The second-order valence-corrected chi connectivity index (χ2v) is 4.80. The van der Waals surface area contributed by atoms with Crippen LogP contribution in [0.3, 0.4) is 0 Å². The first-order valence-corrected chi connectivity index (χ1v) is 6.73. The molecule has 0 fully saturated rings. The molecule has 3 nitrogen and oxygen atoms in total. The van der Waals surface area contributed by atoms with Gasteiger partial charge in [0.2, 0.25) is 5.88 Å². The number of pyridine rings is 1. The van der Waals surface area contributed by atoms with E-state index in [2.05, 4.69) is 10.3 Å². The van der Waals surface area contributed by atoms with E-state index in [1.807, 2.05) is 6.07 Å². The highest BCUT2D eigenvalue weighted by atomic mass is 19.1. The molecule has 0 bridgehead atoms. The first kappa shape index (κ1) is 15.4. The molecule has 1 atom stereocenters. The van der Waals surface area contributed by atoms with E-state index >= 15 is 0 Å². The standard InChI is InChI=1S/C16H18F2N2O/c1-19-12(8-11-6-7-16(21-2)20-10-11)9-13-14(17)4-3-5-15(13)18/h3-7,10,12,19H,8-9H2,1-2H3. The Morgan fingerprint density at radius 2 is 1.86 bits per heavy atom. The van der Waals surface area contributed by atoms with Crippen LogP contribution in [-0.4, -0.2) is 25.2 Å². The fraction of sp³-hybridized carbons (Fsp3) is 0.312. The van der Waals surface area contributed by atoms with Crippen LogP contribution in [0.15, 0.2) is 36.5 Å². The number of nitrogens with one attached hydrogen (secondary N) is 1. The van der Waals surface area contributed by atoms with Crippen LogP contribution in [0, 0.1) is 11.6 Å². The van der Waals surface area contributed by atoms with Crippen LogP contribution in [0.25, 0.3) is 0 Å². The predicted octanol–water partition coefficient (Wildman–Crippen LogP) is 2.74. The largest absolute Gasteiger partial charge is 0.481 e. The van der Waals surface area contributed by atoms with E-state index in [1.54, 1.807) is 26.4 Å². The lowest BCUT2D eigenvalue weighted by molar-refractivity contribution is 0.397. The molecule has 2 aromatic rings. The Hall–Kier alpha value is -2.01. The maximum atomic E-state index is 13.7. The van der Waals surface area contributed by atoms with E-state index in [1.165, 1.54) is 18.2 Å². The molecule has 0 amide bonds. The third-order valence-electron chi connectivity index (χ3n) is 3.41. The number of nitrogens with zero attached hydrogens (tertiary/aromatic N) is 1. The number of likely N-dealkylation sites (N-methyl/N-ethyl adjacent to an activating group) is 1. The van der Waals surface area contributed by atoms with Crippen molar-refractivity contribution in [2.75, 3.05) is 14.2 Å². The molecule has 0 aliphatic carbocycles. The maximum absolute atomic E-state index is 13.7. The van der Waals surface area contributed by atoms with Gasteiger partial charge in [-0.15, -0.1) is 0 Å². The summed E-state index contributed by atoms with van der Waals surface area (Å²) in [6, 6.07) is 7.52. The van der Waals surface area contributed by atoms with Gasteiger partial charge in [-0.25, -0.2) is 13.8 Å².